The predicted octanol–water partition coefficient (Wildman–Crippen LogP) is 0.393. The average molecular weight is 469 g/mol. The number of morpholine rings is 2. The second-order valence-electron chi connectivity index (χ2n) is 6.92. The van der Waals surface area contributed by atoms with Gasteiger partial charge >= 0.3 is 0 Å². The van der Waals surface area contributed by atoms with E-state index < -0.39 is 10.0 Å². The summed E-state index contributed by atoms with van der Waals surface area (Å²) < 4.78 is 38.3. The molecule has 31 heavy (non-hydrogen) atoms. The highest BCUT2D eigenvalue weighted by molar-refractivity contribution is 7.99. The van der Waals surface area contributed by atoms with Gasteiger partial charge in [0.1, 0.15) is 6.33 Å². The number of amides is 1. The van der Waals surface area contributed by atoms with Crippen molar-refractivity contribution in [2.75, 3.05) is 68.6 Å². The summed E-state index contributed by atoms with van der Waals surface area (Å²) >= 11 is 1.21. The molecule has 2 aliphatic rings. The molecule has 2 aromatic rings. The molecule has 1 amide bonds. The predicted molar refractivity (Wildman–Crippen MR) is 115 cm³/mol. The van der Waals surface area contributed by atoms with Crippen molar-refractivity contribution in [2.45, 2.75) is 10.1 Å². The molecule has 0 radical (unpaired) electrons. The van der Waals surface area contributed by atoms with Crippen LogP contribution < -0.4 is 10.2 Å². The molecule has 2 saturated heterocycles. The first-order valence-electron chi connectivity index (χ1n) is 9.87. The van der Waals surface area contributed by atoms with Crippen molar-refractivity contribution < 1.29 is 22.7 Å². The van der Waals surface area contributed by atoms with Crippen molar-refractivity contribution in [3.05, 3.63) is 24.5 Å². The highest BCUT2D eigenvalue weighted by Crippen LogP contribution is 2.31. The van der Waals surface area contributed by atoms with Crippen molar-refractivity contribution >= 4 is 39.1 Å². The summed E-state index contributed by atoms with van der Waals surface area (Å²) in [5.74, 6) is -0.158. The summed E-state index contributed by atoms with van der Waals surface area (Å²) in [7, 11) is -3.69. The molecule has 2 N–H and O–H groups in total. The maximum atomic E-state index is 13.1. The molecule has 0 spiro atoms. The minimum atomic E-state index is -3.69. The van der Waals surface area contributed by atoms with Crippen LogP contribution in [0, 0.1) is 0 Å². The Morgan fingerprint density at radius 3 is 2.52 bits per heavy atom. The Balaban J connectivity index is 1.57. The number of anilines is 2. The number of hydrogen-bond acceptors (Lipinski definition) is 9. The maximum Gasteiger partial charge on any atom is 0.243 e. The van der Waals surface area contributed by atoms with Crippen molar-refractivity contribution in [1.29, 1.82) is 0 Å². The van der Waals surface area contributed by atoms with Gasteiger partial charge in [-0.2, -0.15) is 9.40 Å². The summed E-state index contributed by atoms with van der Waals surface area (Å²) in [6.07, 6.45) is 1.37. The second-order valence-corrected chi connectivity index (χ2v) is 9.82. The van der Waals surface area contributed by atoms with Gasteiger partial charge in [-0.15, -0.1) is 0 Å². The van der Waals surface area contributed by atoms with Crippen LogP contribution >= 0.6 is 11.8 Å². The molecule has 1 aromatic heterocycles. The number of nitrogens with one attached hydrogen (secondary N) is 2. The third-order valence-corrected chi connectivity index (χ3v) is 7.71. The van der Waals surface area contributed by atoms with Crippen molar-refractivity contribution in [3.8, 4) is 0 Å². The average Bonchev–Trinajstić information content (AvgIpc) is 3.33. The quantitative estimate of drug-likeness (QED) is 0.554. The molecule has 0 aliphatic carbocycles. The Morgan fingerprint density at radius 2 is 1.84 bits per heavy atom. The Bertz CT molecular complexity index is 989. The number of hydrogen-bond donors (Lipinski definition) is 2. The Morgan fingerprint density at radius 1 is 1.13 bits per heavy atom. The lowest BCUT2D eigenvalue weighted by molar-refractivity contribution is -0.113. The first-order chi connectivity index (χ1) is 15.0. The first kappa shape index (κ1) is 22.0. The summed E-state index contributed by atoms with van der Waals surface area (Å²) in [5, 5.41) is 9.85. The highest BCUT2D eigenvalue weighted by Gasteiger charge is 2.28. The lowest BCUT2D eigenvalue weighted by Crippen LogP contribution is -2.40. The fraction of sp³-hybridized carbons (Fsp3) is 0.500. The lowest BCUT2D eigenvalue weighted by Gasteiger charge is -2.31. The van der Waals surface area contributed by atoms with E-state index in [1.54, 1.807) is 12.1 Å². The van der Waals surface area contributed by atoms with Crippen LogP contribution in [0.1, 0.15) is 0 Å². The van der Waals surface area contributed by atoms with E-state index in [0.717, 1.165) is 5.69 Å². The van der Waals surface area contributed by atoms with E-state index in [1.807, 2.05) is 0 Å². The van der Waals surface area contributed by atoms with Crippen molar-refractivity contribution in [3.63, 3.8) is 0 Å². The Labute approximate surface area is 184 Å². The van der Waals surface area contributed by atoms with Gasteiger partial charge in [-0.1, -0.05) is 11.8 Å². The van der Waals surface area contributed by atoms with Gasteiger partial charge in [0.25, 0.3) is 0 Å². The molecule has 13 heteroatoms. The zero-order chi connectivity index (χ0) is 21.7. The van der Waals surface area contributed by atoms with Gasteiger partial charge in [0, 0.05) is 26.2 Å². The monoisotopic (exact) mass is 468 g/mol. The van der Waals surface area contributed by atoms with Crippen LogP contribution in [0.3, 0.4) is 0 Å². The van der Waals surface area contributed by atoms with Crippen molar-refractivity contribution in [1.82, 2.24) is 19.5 Å². The van der Waals surface area contributed by atoms with Gasteiger partial charge in [-0.25, -0.2) is 13.4 Å². The maximum absolute atomic E-state index is 13.1. The van der Waals surface area contributed by atoms with Crippen LogP contribution in [-0.2, 0) is 24.3 Å². The number of carbonyl (C=O) groups excluding carboxylic acids is 1. The van der Waals surface area contributed by atoms with Gasteiger partial charge in [-0.3, -0.25) is 9.89 Å². The Kier molecular flexibility index (Phi) is 7.07. The molecule has 168 valence electrons. The fourth-order valence-electron chi connectivity index (χ4n) is 3.38. The van der Waals surface area contributed by atoms with E-state index in [2.05, 4.69) is 25.4 Å². The Hall–Kier alpha value is -2.19. The molecule has 11 nitrogen and oxygen atoms in total. The number of aromatic nitrogens is 3. The van der Waals surface area contributed by atoms with Gasteiger partial charge < -0.3 is 19.7 Å². The number of benzene rings is 1. The van der Waals surface area contributed by atoms with Crippen LogP contribution in [-0.4, -0.2) is 92.2 Å². The van der Waals surface area contributed by atoms with Crippen LogP contribution in [0.2, 0.25) is 0 Å². The number of nitrogens with zero attached hydrogens (tertiary/aromatic N) is 4. The van der Waals surface area contributed by atoms with Gasteiger partial charge in [0.05, 0.1) is 48.5 Å². The van der Waals surface area contributed by atoms with Crippen molar-refractivity contribution in [2.24, 2.45) is 0 Å². The molecule has 3 heterocycles. The van der Waals surface area contributed by atoms with E-state index in [1.165, 1.54) is 28.5 Å². The van der Waals surface area contributed by atoms with Crippen LogP contribution in [0.5, 0.6) is 0 Å². The number of ether oxygens (including phenoxy) is 2. The van der Waals surface area contributed by atoms with Gasteiger partial charge in [0.15, 0.2) is 5.16 Å². The summed E-state index contributed by atoms with van der Waals surface area (Å²) in [6, 6.07) is 4.87. The van der Waals surface area contributed by atoms with E-state index in [9.17, 15) is 13.2 Å². The molecular formula is C18H24N6O5S2. The molecule has 2 fully saturated rings. The van der Waals surface area contributed by atoms with Crippen LogP contribution in [0.4, 0.5) is 11.4 Å². The summed E-state index contributed by atoms with van der Waals surface area (Å²) in [5.41, 5.74) is 1.22. The number of rotatable bonds is 7. The molecule has 0 atom stereocenters. The van der Waals surface area contributed by atoms with E-state index >= 15 is 0 Å². The molecule has 1 aromatic carbocycles. The zero-order valence-corrected chi connectivity index (χ0v) is 18.5. The number of H-pyrrole nitrogens is 1. The first-order valence-corrected chi connectivity index (χ1v) is 12.3. The summed E-state index contributed by atoms with van der Waals surface area (Å²) in [4.78, 5) is 18.8. The number of sulfonamides is 1. The smallest absolute Gasteiger partial charge is 0.243 e. The lowest BCUT2D eigenvalue weighted by atomic mass is 10.2. The topological polar surface area (TPSA) is 130 Å². The van der Waals surface area contributed by atoms with Gasteiger partial charge in [-0.05, 0) is 18.2 Å². The second kappa shape index (κ2) is 9.96. The van der Waals surface area contributed by atoms with E-state index in [-0.39, 0.29) is 16.6 Å². The SMILES string of the molecule is O=C(CSc1ncn[nH]1)Nc1cc(S(=O)(=O)N2CCOCC2)ccc1N1CCOCC1. The molecular weight excluding hydrogens is 444 g/mol. The van der Waals surface area contributed by atoms with Crippen LogP contribution in [0.15, 0.2) is 34.6 Å². The standard InChI is InChI=1S/C18H24N6O5S2/c25-17(12-30-18-19-13-20-22-18)21-15-11-14(31(26,27)24-5-9-29-10-6-24)1-2-16(15)23-3-7-28-8-4-23/h1-2,11,13H,3-10,12H2,(H,21,25)(H,19,20,22). The normalized spacial score (nSPS) is 18.1. The molecule has 4 rings (SSSR count). The van der Waals surface area contributed by atoms with E-state index in [4.69, 9.17) is 9.47 Å². The summed E-state index contributed by atoms with van der Waals surface area (Å²) in [6.45, 7) is 3.81. The number of thioether (sulfide) groups is 1. The molecule has 0 saturated carbocycles. The molecule has 0 bridgehead atoms. The van der Waals surface area contributed by atoms with E-state index in [0.29, 0.717) is 63.5 Å². The third-order valence-electron chi connectivity index (χ3n) is 4.93. The zero-order valence-electron chi connectivity index (χ0n) is 16.8. The number of carbonyl (C=O) groups is 1. The highest BCUT2D eigenvalue weighted by atomic mass is 32.2. The minimum Gasteiger partial charge on any atom is -0.379 e. The largest absolute Gasteiger partial charge is 0.379 e. The molecule has 0 unspecified atom stereocenters. The minimum absolute atomic E-state index is 0.109. The van der Waals surface area contributed by atoms with Gasteiger partial charge in [0.2, 0.25) is 15.9 Å². The van der Waals surface area contributed by atoms with Crippen LogP contribution in [0.25, 0.3) is 0 Å². The fourth-order valence-corrected chi connectivity index (χ4v) is 5.39. The number of aromatic amines is 1. The molecule has 2 aliphatic heterocycles. The third kappa shape index (κ3) is 5.36.